The molecule has 0 spiro atoms. The summed E-state index contributed by atoms with van der Waals surface area (Å²) in [5.41, 5.74) is 2.38. The van der Waals surface area contributed by atoms with Gasteiger partial charge in [0.25, 0.3) is 0 Å². The standard InChI is InChI=1S/C26H36F2NO3P/c27-24-19-22(20-29-16-9-17-33(30,31)32)25(28)18-21(24)10-3-2-6-13-26(14-7-8-15-26)23-11-4-1-5-12-23/h1,4-5,11-12,18-19,29H,2-3,6-10,13-17,20H2,(H2,30,31,32). The highest BCUT2D eigenvalue weighted by atomic mass is 31.2. The Morgan fingerprint density at radius 2 is 1.58 bits per heavy atom. The van der Waals surface area contributed by atoms with Crippen molar-refractivity contribution in [3.05, 3.63) is 70.8 Å². The van der Waals surface area contributed by atoms with Gasteiger partial charge in [0.1, 0.15) is 11.6 Å². The molecule has 4 nitrogen and oxygen atoms in total. The van der Waals surface area contributed by atoms with Gasteiger partial charge in [-0.1, -0.05) is 56.0 Å². The molecular formula is C26H36F2NO3P. The van der Waals surface area contributed by atoms with Crippen molar-refractivity contribution in [1.29, 1.82) is 0 Å². The van der Waals surface area contributed by atoms with E-state index in [9.17, 15) is 13.3 Å². The molecule has 0 aliphatic heterocycles. The zero-order chi connectivity index (χ0) is 23.7. The molecule has 1 aliphatic rings. The number of hydrogen-bond acceptors (Lipinski definition) is 2. The lowest BCUT2D eigenvalue weighted by atomic mass is 9.75. The van der Waals surface area contributed by atoms with Gasteiger partial charge in [0.05, 0.1) is 6.16 Å². The van der Waals surface area contributed by atoms with Crippen LogP contribution >= 0.6 is 7.60 Å². The molecule has 0 saturated heterocycles. The van der Waals surface area contributed by atoms with Crippen molar-refractivity contribution in [2.75, 3.05) is 12.7 Å². The van der Waals surface area contributed by atoms with E-state index in [4.69, 9.17) is 9.79 Å². The molecule has 1 saturated carbocycles. The summed E-state index contributed by atoms with van der Waals surface area (Å²) in [6, 6.07) is 13.3. The van der Waals surface area contributed by atoms with Gasteiger partial charge in [-0.05, 0) is 73.7 Å². The molecule has 1 fully saturated rings. The van der Waals surface area contributed by atoms with Gasteiger partial charge < -0.3 is 15.1 Å². The third-order valence-electron chi connectivity index (χ3n) is 6.88. The molecule has 0 bridgehead atoms. The first-order chi connectivity index (χ1) is 15.8. The molecule has 1 aliphatic carbocycles. The minimum absolute atomic E-state index is 0.131. The van der Waals surface area contributed by atoms with Crippen LogP contribution in [0.5, 0.6) is 0 Å². The van der Waals surface area contributed by atoms with Crippen molar-refractivity contribution in [2.24, 2.45) is 0 Å². The van der Waals surface area contributed by atoms with E-state index in [1.807, 2.05) is 0 Å². The summed E-state index contributed by atoms with van der Waals surface area (Å²) in [6.07, 6.45) is 9.71. The molecule has 182 valence electrons. The van der Waals surface area contributed by atoms with Crippen LogP contribution < -0.4 is 5.32 Å². The van der Waals surface area contributed by atoms with Gasteiger partial charge in [0.15, 0.2) is 0 Å². The maximum absolute atomic E-state index is 14.5. The lowest BCUT2D eigenvalue weighted by molar-refractivity contribution is 0.371. The van der Waals surface area contributed by atoms with Gasteiger partial charge in [0, 0.05) is 12.1 Å². The molecule has 3 rings (SSSR count). The largest absolute Gasteiger partial charge is 0.325 e. The van der Waals surface area contributed by atoms with Gasteiger partial charge in [-0.15, -0.1) is 0 Å². The van der Waals surface area contributed by atoms with Crippen molar-refractivity contribution >= 4 is 7.60 Å². The summed E-state index contributed by atoms with van der Waals surface area (Å²) < 4.78 is 39.7. The van der Waals surface area contributed by atoms with Crippen LogP contribution in [0.1, 0.15) is 74.5 Å². The van der Waals surface area contributed by atoms with Crippen molar-refractivity contribution in [2.45, 2.75) is 76.2 Å². The van der Waals surface area contributed by atoms with E-state index in [0.717, 1.165) is 25.7 Å². The summed E-state index contributed by atoms with van der Waals surface area (Å²) in [5.74, 6) is -0.831. The first kappa shape index (κ1) is 26.0. The van der Waals surface area contributed by atoms with Crippen LogP contribution in [-0.2, 0) is 22.9 Å². The fraction of sp³-hybridized carbons (Fsp3) is 0.538. The SMILES string of the molecule is O=P(O)(O)CCCNCc1cc(F)c(CCCCCC2(c3ccccc3)CCCC2)cc1F. The zero-order valence-electron chi connectivity index (χ0n) is 19.2. The van der Waals surface area contributed by atoms with Crippen molar-refractivity contribution in [1.82, 2.24) is 5.32 Å². The minimum atomic E-state index is -4.02. The maximum Gasteiger partial charge on any atom is 0.325 e. The molecule has 0 heterocycles. The van der Waals surface area contributed by atoms with Gasteiger partial charge >= 0.3 is 7.60 Å². The molecular weight excluding hydrogens is 443 g/mol. The Bertz CT molecular complexity index is 927. The van der Waals surface area contributed by atoms with Crippen LogP contribution in [0.2, 0.25) is 0 Å². The normalized spacial score (nSPS) is 15.8. The monoisotopic (exact) mass is 479 g/mol. The summed E-state index contributed by atoms with van der Waals surface area (Å²) in [4.78, 5) is 17.7. The van der Waals surface area contributed by atoms with E-state index in [0.29, 0.717) is 23.9 Å². The van der Waals surface area contributed by atoms with E-state index < -0.39 is 13.4 Å². The fourth-order valence-corrected chi connectivity index (χ4v) is 5.64. The van der Waals surface area contributed by atoms with Crippen LogP contribution in [0.15, 0.2) is 42.5 Å². The number of unbranched alkanes of at least 4 members (excludes halogenated alkanes) is 2. The minimum Gasteiger partial charge on any atom is -0.324 e. The van der Waals surface area contributed by atoms with Crippen LogP contribution in [0.3, 0.4) is 0 Å². The molecule has 0 aromatic heterocycles. The molecule has 0 amide bonds. The molecule has 3 N–H and O–H groups in total. The fourth-order valence-electron chi connectivity index (χ4n) is 5.07. The van der Waals surface area contributed by atoms with Crippen LogP contribution in [0, 0.1) is 11.6 Å². The van der Waals surface area contributed by atoms with Crippen LogP contribution in [0.25, 0.3) is 0 Å². The zero-order valence-corrected chi connectivity index (χ0v) is 20.1. The quantitative estimate of drug-likeness (QED) is 0.235. The summed E-state index contributed by atoms with van der Waals surface area (Å²) >= 11 is 0. The average Bonchev–Trinajstić information content (AvgIpc) is 3.26. The third kappa shape index (κ3) is 7.99. The molecule has 7 heteroatoms. The Balaban J connectivity index is 1.43. The van der Waals surface area contributed by atoms with Crippen molar-refractivity contribution < 1.29 is 23.1 Å². The predicted octanol–water partition coefficient (Wildman–Crippen LogP) is 6.24. The van der Waals surface area contributed by atoms with Gasteiger partial charge in [-0.25, -0.2) is 8.78 Å². The highest BCUT2D eigenvalue weighted by Gasteiger charge is 2.34. The predicted molar refractivity (Wildman–Crippen MR) is 128 cm³/mol. The Hall–Kier alpha value is -1.59. The van der Waals surface area contributed by atoms with E-state index in [1.54, 1.807) is 0 Å². The van der Waals surface area contributed by atoms with Gasteiger partial charge in [-0.3, -0.25) is 4.57 Å². The first-order valence-corrected chi connectivity index (χ1v) is 13.9. The first-order valence-electron chi connectivity index (χ1n) is 12.1. The molecule has 2 aromatic rings. The maximum atomic E-state index is 14.5. The average molecular weight is 480 g/mol. The summed E-state index contributed by atoms with van der Waals surface area (Å²) in [6.45, 7) is 0.462. The van der Waals surface area contributed by atoms with E-state index >= 15 is 0 Å². The molecule has 2 aromatic carbocycles. The number of aryl methyl sites for hydroxylation is 1. The Morgan fingerprint density at radius 1 is 0.909 bits per heavy atom. The Morgan fingerprint density at radius 3 is 2.27 bits per heavy atom. The second kappa shape index (κ2) is 12.2. The van der Waals surface area contributed by atoms with E-state index in [-0.39, 0.29) is 30.5 Å². The lowest BCUT2D eigenvalue weighted by Crippen LogP contribution is -2.21. The smallest absolute Gasteiger partial charge is 0.324 e. The number of nitrogens with one attached hydrogen (secondary N) is 1. The van der Waals surface area contributed by atoms with Crippen molar-refractivity contribution in [3.8, 4) is 0 Å². The second-order valence-electron chi connectivity index (χ2n) is 9.37. The molecule has 33 heavy (non-hydrogen) atoms. The lowest BCUT2D eigenvalue weighted by Gasteiger charge is -2.30. The van der Waals surface area contributed by atoms with Gasteiger partial charge in [0.2, 0.25) is 0 Å². The molecule has 0 atom stereocenters. The van der Waals surface area contributed by atoms with E-state index in [2.05, 4.69) is 35.6 Å². The summed E-state index contributed by atoms with van der Waals surface area (Å²) in [7, 11) is -4.02. The highest BCUT2D eigenvalue weighted by Crippen LogP contribution is 2.44. The Kier molecular flexibility index (Phi) is 9.63. The highest BCUT2D eigenvalue weighted by molar-refractivity contribution is 7.51. The van der Waals surface area contributed by atoms with Gasteiger partial charge in [-0.2, -0.15) is 0 Å². The number of rotatable bonds is 13. The molecule has 0 radical (unpaired) electrons. The topological polar surface area (TPSA) is 69.6 Å². The second-order valence-corrected chi connectivity index (χ2v) is 11.1. The van der Waals surface area contributed by atoms with E-state index in [1.165, 1.54) is 43.4 Å². The number of benzene rings is 2. The van der Waals surface area contributed by atoms with Crippen LogP contribution in [0.4, 0.5) is 8.78 Å². The third-order valence-corrected chi connectivity index (χ3v) is 7.78. The number of halogens is 2. The van der Waals surface area contributed by atoms with Crippen molar-refractivity contribution in [3.63, 3.8) is 0 Å². The summed E-state index contributed by atoms with van der Waals surface area (Å²) in [5, 5.41) is 2.92. The van der Waals surface area contributed by atoms with Crippen LogP contribution in [-0.4, -0.2) is 22.5 Å². The number of hydrogen-bond donors (Lipinski definition) is 3. The Labute approximate surface area is 196 Å². The molecule has 0 unspecified atom stereocenters.